The average Bonchev–Trinajstić information content (AvgIpc) is 3.15. The number of aliphatic imine (C=N–C) groups is 1. The Morgan fingerprint density at radius 2 is 1.90 bits per heavy atom. The highest BCUT2D eigenvalue weighted by molar-refractivity contribution is 14.0. The van der Waals surface area contributed by atoms with E-state index in [1.165, 1.54) is 12.7 Å². The summed E-state index contributed by atoms with van der Waals surface area (Å²) in [5, 5.41) is 3.58. The Morgan fingerprint density at radius 3 is 2.47 bits per heavy atom. The molecule has 2 fully saturated rings. The Hall–Kier alpha value is -1.55. The van der Waals surface area contributed by atoms with Gasteiger partial charge in [-0.15, -0.1) is 24.0 Å². The van der Waals surface area contributed by atoms with Crippen molar-refractivity contribution in [3.8, 4) is 5.75 Å². The van der Waals surface area contributed by atoms with Gasteiger partial charge < -0.3 is 24.4 Å². The molecule has 2 atom stereocenters. The van der Waals surface area contributed by atoms with E-state index < -0.39 is 0 Å². The SMILES string of the molecule is CN=C(NCC1(c2ccc(OC)cc2)CCOCC1)N1CC(C)C(C(=O)OC)C1.I. The number of guanidine groups is 1. The summed E-state index contributed by atoms with van der Waals surface area (Å²) in [6, 6.07) is 8.34. The number of ether oxygens (including phenoxy) is 3. The molecule has 1 aromatic carbocycles. The van der Waals surface area contributed by atoms with Crippen molar-refractivity contribution >= 4 is 35.9 Å². The molecule has 3 rings (SSSR count). The van der Waals surface area contributed by atoms with Crippen LogP contribution in [-0.4, -0.2) is 70.9 Å². The fourth-order valence-corrected chi connectivity index (χ4v) is 4.45. The number of rotatable bonds is 5. The summed E-state index contributed by atoms with van der Waals surface area (Å²) in [5.41, 5.74) is 1.26. The minimum Gasteiger partial charge on any atom is -0.497 e. The van der Waals surface area contributed by atoms with Crippen LogP contribution in [0.3, 0.4) is 0 Å². The topological polar surface area (TPSA) is 72.4 Å². The normalized spacial score (nSPS) is 23.5. The molecule has 0 amide bonds. The third-order valence-corrected chi connectivity index (χ3v) is 6.36. The van der Waals surface area contributed by atoms with Gasteiger partial charge in [-0.3, -0.25) is 9.79 Å². The maximum atomic E-state index is 12.0. The van der Waals surface area contributed by atoms with Gasteiger partial charge in [0.15, 0.2) is 5.96 Å². The number of hydrogen-bond donors (Lipinski definition) is 1. The van der Waals surface area contributed by atoms with Crippen LogP contribution in [0.15, 0.2) is 29.3 Å². The number of nitrogens with zero attached hydrogens (tertiary/aromatic N) is 2. The number of methoxy groups -OCH3 is 2. The van der Waals surface area contributed by atoms with Crippen molar-refractivity contribution in [1.82, 2.24) is 10.2 Å². The van der Waals surface area contributed by atoms with Crippen LogP contribution in [0.5, 0.6) is 5.75 Å². The van der Waals surface area contributed by atoms with Crippen molar-refractivity contribution in [2.45, 2.75) is 25.2 Å². The third kappa shape index (κ3) is 5.38. The number of halogens is 1. The van der Waals surface area contributed by atoms with Gasteiger partial charge in [0, 0.05) is 45.3 Å². The lowest BCUT2D eigenvalue weighted by atomic mass is 9.74. The third-order valence-electron chi connectivity index (χ3n) is 6.36. The Labute approximate surface area is 196 Å². The molecule has 7 nitrogen and oxygen atoms in total. The van der Waals surface area contributed by atoms with Crippen LogP contribution in [-0.2, 0) is 19.7 Å². The standard InChI is InChI=1S/C22H33N3O4.HI/c1-16-13-25(14-19(16)20(26)28-4)21(23-2)24-15-22(9-11-29-12-10-22)17-5-7-18(27-3)8-6-17;/h5-8,16,19H,9-15H2,1-4H3,(H,23,24);1H. The van der Waals surface area contributed by atoms with Crippen LogP contribution in [0.4, 0.5) is 0 Å². The van der Waals surface area contributed by atoms with Gasteiger partial charge in [0.25, 0.3) is 0 Å². The van der Waals surface area contributed by atoms with Gasteiger partial charge in [-0.2, -0.15) is 0 Å². The van der Waals surface area contributed by atoms with E-state index in [1.54, 1.807) is 14.2 Å². The largest absolute Gasteiger partial charge is 0.497 e. The zero-order valence-corrected chi connectivity index (χ0v) is 20.7. The summed E-state index contributed by atoms with van der Waals surface area (Å²) in [5.74, 6) is 1.67. The number of esters is 1. The quantitative estimate of drug-likeness (QED) is 0.273. The predicted octanol–water partition coefficient (Wildman–Crippen LogP) is 2.68. The number of carbonyl (C=O) groups excluding carboxylic acids is 1. The molecule has 0 bridgehead atoms. The first-order chi connectivity index (χ1) is 14.0. The van der Waals surface area contributed by atoms with Gasteiger partial charge in [0.05, 0.1) is 20.1 Å². The first kappa shape index (κ1) is 24.7. The zero-order valence-electron chi connectivity index (χ0n) is 18.3. The van der Waals surface area contributed by atoms with E-state index >= 15 is 0 Å². The first-order valence-electron chi connectivity index (χ1n) is 10.3. The summed E-state index contributed by atoms with van der Waals surface area (Å²) in [6.45, 7) is 5.77. The molecule has 0 aliphatic carbocycles. The molecular formula is C22H34IN3O4. The highest BCUT2D eigenvalue weighted by Crippen LogP contribution is 2.35. The average molecular weight is 531 g/mol. The van der Waals surface area contributed by atoms with E-state index in [2.05, 4.69) is 34.3 Å². The highest BCUT2D eigenvalue weighted by atomic mass is 127. The van der Waals surface area contributed by atoms with Gasteiger partial charge in [-0.1, -0.05) is 19.1 Å². The van der Waals surface area contributed by atoms with Crippen molar-refractivity contribution < 1.29 is 19.0 Å². The molecule has 8 heteroatoms. The number of hydrogen-bond acceptors (Lipinski definition) is 5. The van der Waals surface area contributed by atoms with Crippen molar-refractivity contribution in [2.75, 3.05) is 54.1 Å². The van der Waals surface area contributed by atoms with Crippen LogP contribution in [0, 0.1) is 11.8 Å². The smallest absolute Gasteiger partial charge is 0.310 e. The van der Waals surface area contributed by atoms with Gasteiger partial charge in [0.1, 0.15) is 5.75 Å². The monoisotopic (exact) mass is 531 g/mol. The first-order valence-corrected chi connectivity index (χ1v) is 10.3. The molecule has 2 heterocycles. The van der Waals surface area contributed by atoms with Crippen molar-refractivity contribution in [2.24, 2.45) is 16.8 Å². The molecule has 2 aliphatic rings. The van der Waals surface area contributed by atoms with Crippen molar-refractivity contribution in [3.63, 3.8) is 0 Å². The Morgan fingerprint density at radius 1 is 1.23 bits per heavy atom. The zero-order chi connectivity index (χ0) is 20.9. The van der Waals surface area contributed by atoms with E-state index in [1.807, 2.05) is 12.1 Å². The van der Waals surface area contributed by atoms with Crippen LogP contribution < -0.4 is 10.1 Å². The number of nitrogens with one attached hydrogen (secondary N) is 1. The molecular weight excluding hydrogens is 497 g/mol. The van der Waals surface area contributed by atoms with Gasteiger partial charge in [-0.25, -0.2) is 0 Å². The minimum atomic E-state index is -0.144. The molecule has 168 valence electrons. The van der Waals surface area contributed by atoms with Crippen LogP contribution in [0.25, 0.3) is 0 Å². The van der Waals surface area contributed by atoms with Crippen LogP contribution >= 0.6 is 24.0 Å². The number of likely N-dealkylation sites (tertiary alicyclic amines) is 1. The summed E-state index contributed by atoms with van der Waals surface area (Å²) in [4.78, 5) is 18.7. The molecule has 0 aromatic heterocycles. The molecule has 2 aliphatic heterocycles. The maximum absolute atomic E-state index is 12.0. The molecule has 0 spiro atoms. The molecule has 2 unspecified atom stereocenters. The van der Waals surface area contributed by atoms with Gasteiger partial charge in [0.2, 0.25) is 0 Å². The maximum Gasteiger partial charge on any atom is 0.310 e. The van der Waals surface area contributed by atoms with Crippen molar-refractivity contribution in [1.29, 1.82) is 0 Å². The number of benzene rings is 1. The fourth-order valence-electron chi connectivity index (χ4n) is 4.45. The van der Waals surface area contributed by atoms with E-state index in [0.29, 0.717) is 6.54 Å². The van der Waals surface area contributed by atoms with Gasteiger partial charge >= 0.3 is 5.97 Å². The summed E-state index contributed by atoms with van der Waals surface area (Å²) >= 11 is 0. The van der Waals surface area contributed by atoms with Crippen LogP contribution in [0.1, 0.15) is 25.3 Å². The molecule has 1 aromatic rings. The summed E-state index contributed by atoms with van der Waals surface area (Å²) < 4.78 is 15.9. The Bertz CT molecular complexity index is 720. The fraction of sp³-hybridized carbons (Fsp3) is 0.636. The molecule has 0 radical (unpaired) electrons. The summed E-state index contributed by atoms with van der Waals surface area (Å²) in [6.07, 6.45) is 1.90. The van der Waals surface area contributed by atoms with Crippen molar-refractivity contribution in [3.05, 3.63) is 29.8 Å². The minimum absolute atomic E-state index is 0. The molecule has 30 heavy (non-hydrogen) atoms. The lowest BCUT2D eigenvalue weighted by Crippen LogP contribution is -2.49. The van der Waals surface area contributed by atoms with Crippen LogP contribution in [0.2, 0.25) is 0 Å². The number of carbonyl (C=O) groups is 1. The molecule has 1 N–H and O–H groups in total. The van der Waals surface area contributed by atoms with Gasteiger partial charge in [-0.05, 0) is 36.5 Å². The van der Waals surface area contributed by atoms with E-state index in [4.69, 9.17) is 14.2 Å². The second-order valence-electron chi connectivity index (χ2n) is 8.03. The Kier molecular flexibility index (Phi) is 9.21. The second kappa shape index (κ2) is 11.2. The highest BCUT2D eigenvalue weighted by Gasteiger charge is 2.39. The summed E-state index contributed by atoms with van der Waals surface area (Å²) in [7, 11) is 4.93. The molecule has 2 saturated heterocycles. The lowest BCUT2D eigenvalue weighted by molar-refractivity contribution is -0.145. The predicted molar refractivity (Wildman–Crippen MR) is 128 cm³/mol. The van der Waals surface area contributed by atoms with E-state index in [-0.39, 0.29) is 47.2 Å². The Balaban J connectivity index is 0.00000320. The van der Waals surface area contributed by atoms with E-state index in [9.17, 15) is 4.79 Å². The molecule has 0 saturated carbocycles. The lowest BCUT2D eigenvalue weighted by Gasteiger charge is -2.39. The second-order valence-corrected chi connectivity index (χ2v) is 8.03. The van der Waals surface area contributed by atoms with E-state index in [0.717, 1.165) is 50.9 Å².